The van der Waals surface area contributed by atoms with Crippen LogP contribution in [0.5, 0.6) is 5.88 Å². The molecule has 2 aromatic heterocycles. The second-order valence-corrected chi connectivity index (χ2v) is 10.1. The van der Waals surface area contributed by atoms with Crippen molar-refractivity contribution >= 4 is 39.6 Å². The summed E-state index contributed by atoms with van der Waals surface area (Å²) < 4.78 is 31.9. The van der Waals surface area contributed by atoms with Crippen LogP contribution in [0.2, 0.25) is 0 Å². The third-order valence-electron chi connectivity index (χ3n) is 5.47. The number of halogens is 1. The van der Waals surface area contributed by atoms with Crippen LogP contribution in [0, 0.1) is 11.2 Å². The van der Waals surface area contributed by atoms with Gasteiger partial charge in [-0.15, -0.1) is 0 Å². The summed E-state index contributed by atoms with van der Waals surface area (Å²) in [5, 5.41) is 14.6. The van der Waals surface area contributed by atoms with Gasteiger partial charge in [-0.2, -0.15) is 4.98 Å². The molecule has 3 aromatic rings. The molecule has 0 spiro atoms. The van der Waals surface area contributed by atoms with Crippen molar-refractivity contribution in [2.24, 2.45) is 0 Å². The van der Waals surface area contributed by atoms with Crippen LogP contribution in [0.3, 0.4) is 0 Å². The Morgan fingerprint density at radius 3 is 2.74 bits per heavy atom. The number of hydrogen-bond acceptors (Lipinski definition) is 7. The molecule has 0 aliphatic carbocycles. The largest absolute Gasteiger partial charge is 0.616 e. The van der Waals surface area contributed by atoms with Gasteiger partial charge < -0.3 is 19.9 Å². The highest BCUT2D eigenvalue weighted by atomic mass is 32.2. The number of aromatic nitrogens is 3. The molecule has 31 heavy (non-hydrogen) atoms. The summed E-state index contributed by atoms with van der Waals surface area (Å²) in [5.74, 6) is 0.235. The average Bonchev–Trinajstić information content (AvgIpc) is 2.73. The van der Waals surface area contributed by atoms with Gasteiger partial charge in [0, 0.05) is 17.4 Å². The Morgan fingerprint density at radius 2 is 2.03 bits per heavy atom. The number of rotatable bonds is 4. The lowest BCUT2D eigenvalue weighted by molar-refractivity contribution is 0.397. The number of amidine groups is 1. The van der Waals surface area contributed by atoms with E-state index >= 15 is 0 Å². The summed E-state index contributed by atoms with van der Waals surface area (Å²) in [4.78, 5) is 12.9. The first-order valence-corrected chi connectivity index (χ1v) is 10.9. The number of pyridine rings is 1. The Labute approximate surface area is 182 Å². The Morgan fingerprint density at radius 1 is 1.26 bits per heavy atom. The monoisotopic (exact) mass is 442 g/mol. The Hall–Kier alpha value is -2.98. The highest BCUT2D eigenvalue weighted by Gasteiger charge is 2.50. The molecule has 1 aromatic carbocycles. The molecule has 2 atom stereocenters. The molecule has 1 saturated heterocycles. The second kappa shape index (κ2) is 7.61. The molecule has 10 heteroatoms. The van der Waals surface area contributed by atoms with E-state index in [2.05, 4.69) is 25.6 Å². The van der Waals surface area contributed by atoms with E-state index in [1.807, 2.05) is 0 Å². The number of anilines is 2. The summed E-state index contributed by atoms with van der Waals surface area (Å²) in [7, 11) is 1.51. The zero-order valence-corrected chi connectivity index (χ0v) is 18.4. The number of fused-ring (bicyclic) bond motifs is 1. The molecular weight excluding hydrogens is 419 g/mol. The van der Waals surface area contributed by atoms with E-state index in [0.29, 0.717) is 34.0 Å². The van der Waals surface area contributed by atoms with Crippen LogP contribution in [-0.4, -0.2) is 42.9 Å². The highest BCUT2D eigenvalue weighted by molar-refractivity contribution is 7.93. The predicted octanol–water partition coefficient (Wildman–Crippen LogP) is 3.24. The number of hydrogen-bond donors (Lipinski definition) is 3. The van der Waals surface area contributed by atoms with E-state index in [-0.39, 0.29) is 11.6 Å². The third-order valence-corrected chi connectivity index (χ3v) is 7.65. The summed E-state index contributed by atoms with van der Waals surface area (Å²) in [6, 6.07) is 6.38. The van der Waals surface area contributed by atoms with Crippen LogP contribution in [0.15, 0.2) is 36.7 Å². The number of nitrogens with one attached hydrogen (secondary N) is 3. The molecule has 1 fully saturated rings. The number of ether oxygens (including phenoxy) is 1. The fourth-order valence-corrected chi connectivity index (χ4v) is 4.84. The van der Waals surface area contributed by atoms with E-state index in [4.69, 9.17) is 10.1 Å². The van der Waals surface area contributed by atoms with Crippen molar-refractivity contribution in [3.8, 4) is 5.88 Å². The summed E-state index contributed by atoms with van der Waals surface area (Å²) >= 11 is -1.34. The van der Waals surface area contributed by atoms with Gasteiger partial charge >= 0.3 is 0 Å². The molecule has 0 bridgehead atoms. The average molecular weight is 443 g/mol. The maximum Gasteiger partial charge on any atom is 0.234 e. The molecule has 0 saturated carbocycles. The minimum atomic E-state index is -1.34. The molecule has 3 heterocycles. The zero-order valence-electron chi connectivity index (χ0n) is 17.6. The highest BCUT2D eigenvalue weighted by Crippen LogP contribution is 2.36. The van der Waals surface area contributed by atoms with Crippen LogP contribution in [-0.2, 0) is 16.7 Å². The summed E-state index contributed by atoms with van der Waals surface area (Å²) in [6.07, 6.45) is 3.10. The number of nitrogens with zero attached hydrogens (tertiary/aromatic N) is 3. The molecule has 3 N–H and O–H groups in total. The SMILES string of the molecule is COc1cnc2c(Nc3ccc(F)c([C@]4(C)C[S+]([O-])C(C)(C)C(=N)N4)c3)ccnc2n1. The van der Waals surface area contributed by atoms with Crippen molar-refractivity contribution in [3.05, 3.63) is 48.0 Å². The van der Waals surface area contributed by atoms with Gasteiger partial charge in [0.25, 0.3) is 0 Å². The Kier molecular flexibility index (Phi) is 5.22. The molecule has 0 radical (unpaired) electrons. The van der Waals surface area contributed by atoms with E-state index in [9.17, 15) is 8.94 Å². The third kappa shape index (κ3) is 3.77. The van der Waals surface area contributed by atoms with E-state index in [0.717, 1.165) is 0 Å². The standard InChI is InChI=1S/C21H23FN6O2S/c1-20(2)19(23)28-21(3,11-31(20)29)13-9-12(5-6-14(13)22)26-15-7-8-24-18-17(15)25-10-16(27-18)30-4/h5-10H,11H2,1-4H3,(H2,23,28)(H,24,26,27)/t21-,31?/m0/s1. The first-order valence-electron chi connectivity index (χ1n) is 9.62. The minimum Gasteiger partial charge on any atom is -0.616 e. The van der Waals surface area contributed by atoms with Gasteiger partial charge in [0.05, 0.1) is 19.0 Å². The van der Waals surface area contributed by atoms with Crippen LogP contribution in [0.1, 0.15) is 26.3 Å². The van der Waals surface area contributed by atoms with Gasteiger partial charge in [0.15, 0.2) is 16.2 Å². The minimum absolute atomic E-state index is 0.127. The number of methoxy groups -OCH3 is 1. The second-order valence-electron chi connectivity index (χ2n) is 8.09. The maximum absolute atomic E-state index is 14.8. The maximum atomic E-state index is 14.8. The quantitative estimate of drug-likeness (QED) is 0.531. The van der Waals surface area contributed by atoms with Gasteiger partial charge in [0.1, 0.15) is 22.6 Å². The molecule has 4 rings (SSSR count). The normalized spacial score (nSPS) is 22.8. The fourth-order valence-electron chi connectivity index (χ4n) is 3.45. The summed E-state index contributed by atoms with van der Waals surface area (Å²) in [6.45, 7) is 5.25. The fraction of sp³-hybridized carbons (Fsp3) is 0.333. The van der Waals surface area contributed by atoms with Gasteiger partial charge in [-0.3, -0.25) is 5.41 Å². The van der Waals surface area contributed by atoms with Crippen molar-refractivity contribution in [2.75, 3.05) is 18.2 Å². The molecule has 1 aliphatic rings. The van der Waals surface area contributed by atoms with E-state index in [1.165, 1.54) is 19.4 Å². The van der Waals surface area contributed by atoms with E-state index in [1.54, 1.807) is 45.2 Å². The molecule has 1 aliphatic heterocycles. The van der Waals surface area contributed by atoms with Crippen LogP contribution in [0.25, 0.3) is 11.2 Å². The van der Waals surface area contributed by atoms with Crippen LogP contribution >= 0.6 is 0 Å². The van der Waals surface area contributed by atoms with Gasteiger partial charge in [-0.05, 0) is 56.2 Å². The first-order chi connectivity index (χ1) is 14.6. The van der Waals surface area contributed by atoms with E-state index < -0.39 is 27.3 Å². The smallest absolute Gasteiger partial charge is 0.234 e. The van der Waals surface area contributed by atoms with Crippen LogP contribution in [0.4, 0.5) is 15.8 Å². The molecular formula is C21H23FN6O2S. The Balaban J connectivity index is 1.70. The van der Waals surface area contributed by atoms with Crippen molar-refractivity contribution in [3.63, 3.8) is 0 Å². The van der Waals surface area contributed by atoms with Crippen molar-refractivity contribution < 1.29 is 13.7 Å². The van der Waals surface area contributed by atoms with Gasteiger partial charge in [-0.1, -0.05) is 0 Å². The van der Waals surface area contributed by atoms with Crippen LogP contribution < -0.4 is 15.4 Å². The predicted molar refractivity (Wildman–Crippen MR) is 119 cm³/mol. The lowest BCUT2D eigenvalue weighted by Gasteiger charge is -2.44. The lowest BCUT2D eigenvalue weighted by Crippen LogP contribution is -2.64. The van der Waals surface area contributed by atoms with Crippen molar-refractivity contribution in [2.45, 2.75) is 31.1 Å². The van der Waals surface area contributed by atoms with Gasteiger partial charge in [-0.25, -0.2) is 14.4 Å². The molecule has 8 nitrogen and oxygen atoms in total. The topological polar surface area (TPSA) is 119 Å². The van der Waals surface area contributed by atoms with Gasteiger partial charge in [0.2, 0.25) is 5.88 Å². The molecule has 0 amide bonds. The molecule has 162 valence electrons. The van der Waals surface area contributed by atoms with Crippen molar-refractivity contribution in [1.82, 2.24) is 20.3 Å². The van der Waals surface area contributed by atoms with Crippen molar-refractivity contribution in [1.29, 1.82) is 5.41 Å². The summed E-state index contributed by atoms with van der Waals surface area (Å²) in [5.41, 5.74) is 1.58. The molecule has 1 unspecified atom stereocenters. The lowest BCUT2D eigenvalue weighted by atomic mass is 9.91. The Bertz CT molecular complexity index is 1170. The first kappa shape index (κ1) is 21.3. The zero-order chi connectivity index (χ0) is 22.4. The number of benzene rings is 1.